The molecule has 19 heavy (non-hydrogen) atoms. The average molecular weight is 266 g/mol. The molecule has 0 aromatic carbocycles. The summed E-state index contributed by atoms with van der Waals surface area (Å²) in [7, 11) is 0. The molecule has 7 nitrogen and oxygen atoms in total. The number of likely N-dealkylation sites (tertiary alicyclic amines) is 1. The summed E-state index contributed by atoms with van der Waals surface area (Å²) in [5, 5.41) is 15.9. The zero-order chi connectivity index (χ0) is 13.8. The van der Waals surface area contributed by atoms with E-state index in [0.717, 1.165) is 32.4 Å². The Balaban J connectivity index is 1.94. The predicted molar refractivity (Wildman–Crippen MR) is 66.6 cm³/mol. The van der Waals surface area contributed by atoms with Crippen molar-refractivity contribution in [3.8, 4) is 0 Å². The molecule has 104 valence electrons. The second kappa shape index (κ2) is 5.81. The highest BCUT2D eigenvalue weighted by atomic mass is 16.4. The van der Waals surface area contributed by atoms with E-state index >= 15 is 0 Å². The Hall–Kier alpha value is -1.92. The summed E-state index contributed by atoms with van der Waals surface area (Å²) in [5.41, 5.74) is -0.141. The first-order chi connectivity index (χ1) is 9.06. The molecule has 1 aromatic rings. The topological polar surface area (TPSA) is 88.3 Å². The van der Waals surface area contributed by atoms with Crippen LogP contribution in [0.5, 0.6) is 0 Å². The molecule has 0 radical (unpaired) electrons. The molecule has 0 saturated carbocycles. The molecule has 7 heteroatoms. The van der Waals surface area contributed by atoms with Crippen molar-refractivity contribution in [2.24, 2.45) is 5.92 Å². The minimum absolute atomic E-state index is 0.0315. The Kier molecular flexibility index (Phi) is 4.13. The van der Waals surface area contributed by atoms with Gasteiger partial charge in [-0.25, -0.2) is 9.48 Å². The monoisotopic (exact) mass is 266 g/mol. The molecule has 1 aliphatic heterocycles. The summed E-state index contributed by atoms with van der Waals surface area (Å²) in [6.07, 6.45) is 4.46. The third-order valence-corrected chi connectivity index (χ3v) is 3.42. The van der Waals surface area contributed by atoms with Gasteiger partial charge in [0.05, 0.1) is 6.20 Å². The third-order valence-electron chi connectivity index (χ3n) is 3.42. The minimum atomic E-state index is -1.14. The summed E-state index contributed by atoms with van der Waals surface area (Å²) < 4.78 is 1.28. The number of amides is 1. The number of rotatable bonds is 3. The molecular weight excluding hydrogens is 248 g/mol. The summed E-state index contributed by atoms with van der Waals surface area (Å²) in [6, 6.07) is 0. The number of carboxylic acid groups (broad SMARTS) is 1. The Morgan fingerprint density at radius 2 is 2.21 bits per heavy atom. The molecule has 1 aromatic heterocycles. The van der Waals surface area contributed by atoms with E-state index < -0.39 is 5.97 Å². The number of carbonyl (C=O) groups excluding carboxylic acids is 1. The van der Waals surface area contributed by atoms with Crippen molar-refractivity contribution >= 4 is 11.9 Å². The van der Waals surface area contributed by atoms with E-state index in [0.29, 0.717) is 5.92 Å². The molecular formula is C12H18N4O3. The second-order valence-corrected chi connectivity index (χ2v) is 5.02. The normalized spacial score (nSPS) is 20.1. The molecule has 1 N–H and O–H groups in total. The summed E-state index contributed by atoms with van der Waals surface area (Å²) >= 11 is 0. The average Bonchev–Trinajstić information content (AvgIpc) is 2.71. The lowest BCUT2D eigenvalue weighted by atomic mass is 10.0. The van der Waals surface area contributed by atoms with Crippen molar-refractivity contribution in [1.82, 2.24) is 19.9 Å². The van der Waals surface area contributed by atoms with E-state index in [2.05, 4.69) is 17.2 Å². The van der Waals surface area contributed by atoms with E-state index in [1.807, 2.05) is 4.90 Å². The molecule has 1 saturated heterocycles. The molecule has 1 aliphatic rings. The van der Waals surface area contributed by atoms with Gasteiger partial charge in [-0.15, -0.1) is 5.10 Å². The van der Waals surface area contributed by atoms with Crippen LogP contribution in [-0.2, 0) is 11.3 Å². The molecule has 0 bridgehead atoms. The van der Waals surface area contributed by atoms with E-state index in [1.165, 1.54) is 10.9 Å². The maximum Gasteiger partial charge on any atom is 0.358 e. The van der Waals surface area contributed by atoms with E-state index in [4.69, 9.17) is 5.11 Å². The van der Waals surface area contributed by atoms with Gasteiger partial charge in [0.1, 0.15) is 6.54 Å². The molecule has 0 spiro atoms. The fourth-order valence-electron chi connectivity index (χ4n) is 2.22. The molecule has 1 amide bonds. The van der Waals surface area contributed by atoms with Crippen LogP contribution in [0.3, 0.4) is 0 Å². The molecule has 2 rings (SSSR count). The van der Waals surface area contributed by atoms with Gasteiger partial charge in [0.2, 0.25) is 5.91 Å². The fraction of sp³-hybridized carbons (Fsp3) is 0.667. The van der Waals surface area contributed by atoms with E-state index in [-0.39, 0.29) is 18.1 Å². The number of hydrogen-bond acceptors (Lipinski definition) is 4. The molecule has 1 unspecified atom stereocenters. The maximum atomic E-state index is 12.1. The van der Waals surface area contributed by atoms with Crippen LogP contribution in [0, 0.1) is 5.92 Å². The van der Waals surface area contributed by atoms with Gasteiger partial charge in [-0.2, -0.15) is 0 Å². The van der Waals surface area contributed by atoms with Crippen molar-refractivity contribution in [3.05, 3.63) is 11.9 Å². The van der Waals surface area contributed by atoms with Crippen molar-refractivity contribution in [2.45, 2.75) is 32.7 Å². The highest BCUT2D eigenvalue weighted by molar-refractivity contribution is 5.84. The van der Waals surface area contributed by atoms with Crippen LogP contribution >= 0.6 is 0 Å². The SMILES string of the molecule is CC1CCCN(C(=O)Cn2cc(C(=O)O)nn2)CC1. The van der Waals surface area contributed by atoms with Crippen molar-refractivity contribution < 1.29 is 14.7 Å². The number of hydrogen-bond donors (Lipinski definition) is 1. The number of aromatic nitrogens is 3. The Morgan fingerprint density at radius 1 is 1.42 bits per heavy atom. The zero-order valence-electron chi connectivity index (χ0n) is 10.9. The van der Waals surface area contributed by atoms with Gasteiger partial charge in [-0.3, -0.25) is 4.79 Å². The van der Waals surface area contributed by atoms with Gasteiger partial charge < -0.3 is 10.0 Å². The first-order valence-corrected chi connectivity index (χ1v) is 6.47. The quantitative estimate of drug-likeness (QED) is 0.866. The van der Waals surface area contributed by atoms with Crippen molar-refractivity contribution in [1.29, 1.82) is 0 Å². The molecule has 1 fully saturated rings. The van der Waals surface area contributed by atoms with E-state index in [1.54, 1.807) is 0 Å². The lowest BCUT2D eigenvalue weighted by Crippen LogP contribution is -2.34. The minimum Gasteiger partial charge on any atom is -0.476 e. The number of nitrogens with zero attached hydrogens (tertiary/aromatic N) is 4. The predicted octanol–water partition coefficient (Wildman–Crippen LogP) is 0.625. The fourth-order valence-corrected chi connectivity index (χ4v) is 2.22. The lowest BCUT2D eigenvalue weighted by Gasteiger charge is -2.20. The van der Waals surface area contributed by atoms with Crippen LogP contribution in [0.2, 0.25) is 0 Å². The van der Waals surface area contributed by atoms with Crippen LogP contribution in [0.15, 0.2) is 6.20 Å². The molecule has 1 atom stereocenters. The summed E-state index contributed by atoms with van der Waals surface area (Å²) in [5.74, 6) is -0.513. The largest absolute Gasteiger partial charge is 0.476 e. The van der Waals surface area contributed by atoms with Crippen LogP contribution in [0.1, 0.15) is 36.7 Å². The number of carboxylic acids is 1. The van der Waals surface area contributed by atoms with Gasteiger partial charge in [0.15, 0.2) is 5.69 Å². The second-order valence-electron chi connectivity index (χ2n) is 5.02. The lowest BCUT2D eigenvalue weighted by molar-refractivity contribution is -0.132. The summed E-state index contributed by atoms with van der Waals surface area (Å²) in [6.45, 7) is 3.78. The van der Waals surface area contributed by atoms with Crippen LogP contribution < -0.4 is 0 Å². The van der Waals surface area contributed by atoms with Gasteiger partial charge >= 0.3 is 5.97 Å². The molecule has 0 aliphatic carbocycles. The third kappa shape index (κ3) is 3.52. The van der Waals surface area contributed by atoms with Crippen molar-refractivity contribution in [2.75, 3.05) is 13.1 Å². The highest BCUT2D eigenvalue weighted by Gasteiger charge is 2.19. The Morgan fingerprint density at radius 3 is 2.89 bits per heavy atom. The smallest absolute Gasteiger partial charge is 0.358 e. The number of aromatic carboxylic acids is 1. The maximum absolute atomic E-state index is 12.1. The summed E-state index contributed by atoms with van der Waals surface area (Å²) in [4.78, 5) is 24.6. The van der Waals surface area contributed by atoms with Gasteiger partial charge in [-0.1, -0.05) is 12.1 Å². The molecule has 2 heterocycles. The zero-order valence-corrected chi connectivity index (χ0v) is 10.9. The highest BCUT2D eigenvalue weighted by Crippen LogP contribution is 2.16. The Bertz CT molecular complexity index is 471. The van der Waals surface area contributed by atoms with Crippen LogP contribution in [-0.4, -0.2) is 50.0 Å². The van der Waals surface area contributed by atoms with Crippen molar-refractivity contribution in [3.63, 3.8) is 0 Å². The Labute approximate surface area is 111 Å². The number of carbonyl (C=O) groups is 2. The van der Waals surface area contributed by atoms with Gasteiger partial charge in [0, 0.05) is 13.1 Å². The van der Waals surface area contributed by atoms with Crippen LogP contribution in [0.4, 0.5) is 0 Å². The first kappa shape index (κ1) is 13.5. The first-order valence-electron chi connectivity index (χ1n) is 6.47. The standard InChI is InChI=1S/C12H18N4O3/c1-9-3-2-5-15(6-4-9)11(17)8-16-7-10(12(18)19)13-14-16/h7,9H,2-6,8H2,1H3,(H,18,19). The van der Waals surface area contributed by atoms with Gasteiger partial charge in [0.25, 0.3) is 0 Å². The van der Waals surface area contributed by atoms with Gasteiger partial charge in [-0.05, 0) is 25.2 Å². The van der Waals surface area contributed by atoms with E-state index in [9.17, 15) is 9.59 Å². The van der Waals surface area contributed by atoms with Crippen LogP contribution in [0.25, 0.3) is 0 Å².